The molecule has 0 spiro atoms. The van der Waals surface area contributed by atoms with E-state index in [1.165, 1.54) is 0 Å². The smallest absolute Gasteiger partial charge is 0.227 e. The van der Waals surface area contributed by atoms with E-state index in [-0.39, 0.29) is 24.8 Å². The van der Waals surface area contributed by atoms with E-state index in [0.717, 1.165) is 0 Å². The molecule has 0 heterocycles. The summed E-state index contributed by atoms with van der Waals surface area (Å²) in [6.45, 7) is 0.259. The second-order valence-electron chi connectivity index (χ2n) is 2.30. The van der Waals surface area contributed by atoms with Crippen molar-refractivity contribution in [1.29, 1.82) is 0 Å². The van der Waals surface area contributed by atoms with Gasteiger partial charge in [0.25, 0.3) is 0 Å². The van der Waals surface area contributed by atoms with Gasteiger partial charge in [-0.25, -0.2) is 0 Å². The third kappa shape index (κ3) is 6.12. The Balaban J connectivity index is 3.47. The van der Waals surface area contributed by atoms with Gasteiger partial charge >= 0.3 is 0 Å². The van der Waals surface area contributed by atoms with Gasteiger partial charge in [-0.1, -0.05) is 0 Å². The summed E-state index contributed by atoms with van der Waals surface area (Å²) in [7, 11) is 0. The Morgan fingerprint density at radius 2 is 1.83 bits per heavy atom. The average molecular weight is 193 g/mol. The van der Waals surface area contributed by atoms with Crippen LogP contribution in [0, 0.1) is 0 Å². The van der Waals surface area contributed by atoms with Gasteiger partial charge in [0.15, 0.2) is 0 Å². The Hall–Kier alpha value is -0.610. The molecule has 12 heavy (non-hydrogen) atoms. The van der Waals surface area contributed by atoms with Gasteiger partial charge in [-0.2, -0.15) is 0 Å². The van der Waals surface area contributed by atoms with Crippen molar-refractivity contribution in [3.8, 4) is 0 Å². The molecule has 4 nitrogen and oxygen atoms in total. The summed E-state index contributed by atoms with van der Waals surface area (Å²) in [5.41, 5.74) is 5.11. The molecular formula is C7H13ClN2O2. The lowest BCUT2D eigenvalue weighted by Crippen LogP contribution is -2.31. The van der Waals surface area contributed by atoms with Crippen LogP contribution in [0.2, 0.25) is 0 Å². The van der Waals surface area contributed by atoms with Crippen LogP contribution in [-0.4, -0.2) is 24.2 Å². The lowest BCUT2D eigenvalue weighted by Gasteiger charge is -2.00. The number of hydrogen-bond acceptors (Lipinski definition) is 3. The van der Waals surface area contributed by atoms with E-state index in [2.05, 4.69) is 5.32 Å². The van der Waals surface area contributed by atoms with Crippen molar-refractivity contribution in [3.63, 3.8) is 0 Å². The van der Waals surface area contributed by atoms with Gasteiger partial charge in [0.1, 0.15) is 0 Å². The number of halogens is 1. The molecule has 3 N–H and O–H groups in total. The fourth-order valence-corrected chi connectivity index (χ4v) is 0.773. The summed E-state index contributed by atoms with van der Waals surface area (Å²) >= 11 is 5.36. The molecule has 0 aromatic heterocycles. The van der Waals surface area contributed by atoms with E-state index >= 15 is 0 Å². The Bertz CT molecular complexity index is 161. The predicted molar refractivity (Wildman–Crippen MR) is 46.8 cm³/mol. The summed E-state index contributed by atoms with van der Waals surface area (Å²) in [6, 6.07) is 0. The summed E-state index contributed by atoms with van der Waals surface area (Å²) in [6.07, 6.45) is 1.07. The zero-order valence-corrected chi connectivity index (χ0v) is 7.56. The summed E-state index contributed by atoms with van der Waals surface area (Å²) < 4.78 is 0. The predicted octanol–water partition coefficient (Wildman–Crippen LogP) is -0.00300. The molecule has 5 heteroatoms. The van der Waals surface area contributed by atoms with Crippen LogP contribution in [0.5, 0.6) is 0 Å². The lowest BCUT2D eigenvalue weighted by atomic mass is 10.3. The molecule has 0 aromatic rings. The van der Waals surface area contributed by atoms with E-state index in [4.69, 9.17) is 17.3 Å². The number of hydrogen-bond donors (Lipinski definition) is 2. The quantitative estimate of drug-likeness (QED) is 0.603. The van der Waals surface area contributed by atoms with Crippen LogP contribution in [0.3, 0.4) is 0 Å². The average Bonchev–Trinajstić information content (AvgIpc) is 2.01. The Kier molecular flexibility index (Phi) is 6.70. The Morgan fingerprint density at radius 3 is 2.33 bits per heavy atom. The minimum absolute atomic E-state index is 0.187. The molecule has 0 atom stereocenters. The number of carbonyl (C=O) groups is 2. The van der Waals surface area contributed by atoms with E-state index < -0.39 is 0 Å². The molecule has 0 saturated heterocycles. The number of nitrogens with two attached hydrogens (primary N) is 1. The van der Waals surface area contributed by atoms with Crippen molar-refractivity contribution in [3.05, 3.63) is 0 Å². The zero-order chi connectivity index (χ0) is 9.40. The van der Waals surface area contributed by atoms with Crippen molar-refractivity contribution in [2.75, 3.05) is 12.4 Å². The number of imide groups is 1. The highest BCUT2D eigenvalue weighted by Crippen LogP contribution is 1.91. The monoisotopic (exact) mass is 192 g/mol. The highest BCUT2D eigenvalue weighted by atomic mass is 35.5. The number of nitrogens with one attached hydrogen (secondary N) is 1. The van der Waals surface area contributed by atoms with Crippen LogP contribution in [0.1, 0.15) is 19.3 Å². The third-order valence-corrected chi connectivity index (χ3v) is 1.45. The maximum atomic E-state index is 10.9. The van der Waals surface area contributed by atoms with Gasteiger partial charge in [-0.15, -0.1) is 11.6 Å². The SMILES string of the molecule is NCCC(=O)NC(=O)CCCCl. The van der Waals surface area contributed by atoms with E-state index in [9.17, 15) is 9.59 Å². The van der Waals surface area contributed by atoms with Crippen LogP contribution in [0.25, 0.3) is 0 Å². The van der Waals surface area contributed by atoms with Crippen molar-refractivity contribution < 1.29 is 9.59 Å². The minimum atomic E-state index is -0.322. The van der Waals surface area contributed by atoms with E-state index in [0.29, 0.717) is 18.7 Å². The van der Waals surface area contributed by atoms with E-state index in [1.54, 1.807) is 0 Å². The molecule has 0 unspecified atom stereocenters. The molecule has 0 aliphatic carbocycles. The van der Waals surface area contributed by atoms with Crippen LogP contribution in [0.4, 0.5) is 0 Å². The third-order valence-electron chi connectivity index (χ3n) is 1.19. The molecule has 0 saturated carbocycles. The Morgan fingerprint density at radius 1 is 1.25 bits per heavy atom. The molecule has 0 aliphatic heterocycles. The summed E-state index contributed by atoms with van der Waals surface area (Å²) in [5.74, 6) is -0.176. The molecule has 2 amide bonds. The maximum absolute atomic E-state index is 10.9. The van der Waals surface area contributed by atoms with Gasteiger partial charge in [-0.3, -0.25) is 14.9 Å². The molecule has 0 aromatic carbocycles. The van der Waals surface area contributed by atoms with Crippen LogP contribution in [0.15, 0.2) is 0 Å². The first-order valence-electron chi connectivity index (χ1n) is 3.79. The van der Waals surface area contributed by atoms with Gasteiger partial charge < -0.3 is 5.73 Å². The molecular weight excluding hydrogens is 180 g/mol. The molecule has 0 bridgehead atoms. The topological polar surface area (TPSA) is 72.2 Å². The molecule has 0 rings (SSSR count). The van der Waals surface area contributed by atoms with Crippen molar-refractivity contribution in [2.24, 2.45) is 5.73 Å². The number of amides is 2. The van der Waals surface area contributed by atoms with Gasteiger partial charge in [-0.05, 0) is 6.42 Å². The van der Waals surface area contributed by atoms with Crippen LogP contribution in [-0.2, 0) is 9.59 Å². The standard InChI is InChI=1S/C7H13ClN2O2/c8-4-1-2-6(11)10-7(12)3-5-9/h1-5,9H2,(H,10,11,12). The van der Waals surface area contributed by atoms with Crippen molar-refractivity contribution in [1.82, 2.24) is 5.32 Å². The summed E-state index contributed by atoms with van der Waals surface area (Å²) in [4.78, 5) is 21.6. The minimum Gasteiger partial charge on any atom is -0.330 e. The normalized spacial score (nSPS) is 9.50. The fraction of sp³-hybridized carbons (Fsp3) is 0.714. The first-order valence-corrected chi connectivity index (χ1v) is 4.33. The van der Waals surface area contributed by atoms with Gasteiger partial charge in [0, 0.05) is 25.3 Å². The second kappa shape index (κ2) is 7.06. The summed E-state index contributed by atoms with van der Waals surface area (Å²) in [5, 5.41) is 2.20. The lowest BCUT2D eigenvalue weighted by molar-refractivity contribution is -0.130. The molecule has 0 aliphatic rings. The molecule has 0 fully saturated rings. The zero-order valence-electron chi connectivity index (χ0n) is 6.81. The van der Waals surface area contributed by atoms with Crippen molar-refractivity contribution >= 4 is 23.4 Å². The van der Waals surface area contributed by atoms with Gasteiger partial charge in [0.2, 0.25) is 11.8 Å². The number of alkyl halides is 1. The molecule has 0 radical (unpaired) electrons. The molecule has 70 valence electrons. The largest absolute Gasteiger partial charge is 0.330 e. The fourth-order valence-electron chi connectivity index (χ4n) is 0.639. The highest BCUT2D eigenvalue weighted by molar-refractivity contribution is 6.18. The number of carbonyl (C=O) groups excluding carboxylic acids is 2. The van der Waals surface area contributed by atoms with Crippen LogP contribution < -0.4 is 11.1 Å². The first-order chi connectivity index (χ1) is 5.70. The van der Waals surface area contributed by atoms with E-state index in [1.807, 2.05) is 0 Å². The first kappa shape index (κ1) is 11.4. The second-order valence-corrected chi connectivity index (χ2v) is 2.68. The highest BCUT2D eigenvalue weighted by Gasteiger charge is 2.05. The maximum Gasteiger partial charge on any atom is 0.227 e. The van der Waals surface area contributed by atoms with Crippen LogP contribution >= 0.6 is 11.6 Å². The van der Waals surface area contributed by atoms with Gasteiger partial charge in [0.05, 0.1) is 0 Å². The Labute approximate surface area is 76.4 Å². The van der Waals surface area contributed by atoms with Crippen molar-refractivity contribution in [2.45, 2.75) is 19.3 Å². The number of rotatable bonds is 5.